The van der Waals surface area contributed by atoms with E-state index in [1.54, 1.807) is 30.3 Å². The summed E-state index contributed by atoms with van der Waals surface area (Å²) in [5, 5.41) is 23.8. The van der Waals surface area contributed by atoms with Crippen LogP contribution in [0.3, 0.4) is 0 Å². The van der Waals surface area contributed by atoms with Crippen LogP contribution in [0.2, 0.25) is 0 Å². The van der Waals surface area contributed by atoms with Crippen molar-refractivity contribution < 1.29 is 24.6 Å². The summed E-state index contributed by atoms with van der Waals surface area (Å²) < 4.78 is 3.86. The first-order valence-corrected chi connectivity index (χ1v) is 3.75. The monoisotopic (exact) mass is 198 g/mol. The van der Waals surface area contributed by atoms with Crippen molar-refractivity contribution in [2.75, 3.05) is 7.11 Å². The van der Waals surface area contributed by atoms with Gasteiger partial charge in [0.15, 0.2) is 0 Å². The Bertz CT molecular complexity index is 262. The van der Waals surface area contributed by atoms with Crippen LogP contribution in [0.1, 0.15) is 10.4 Å². The van der Waals surface area contributed by atoms with E-state index in [0.29, 0.717) is 5.56 Å². The Morgan fingerprint density at radius 2 is 1.71 bits per heavy atom. The van der Waals surface area contributed by atoms with Crippen molar-refractivity contribution in [2.45, 2.75) is 0 Å². The zero-order valence-electron chi connectivity index (χ0n) is 7.62. The van der Waals surface area contributed by atoms with E-state index in [9.17, 15) is 4.79 Å². The molecule has 0 bridgehead atoms. The number of carboxylic acids is 1. The van der Waals surface area contributed by atoms with Crippen LogP contribution in [0.4, 0.5) is 0 Å². The topological polar surface area (TPSA) is 87.0 Å². The van der Waals surface area contributed by atoms with E-state index in [4.69, 9.17) is 15.2 Å². The van der Waals surface area contributed by atoms with Gasteiger partial charge in [0.25, 0.3) is 0 Å². The summed E-state index contributed by atoms with van der Waals surface area (Å²) in [4.78, 5) is 10.2. The van der Waals surface area contributed by atoms with Gasteiger partial charge < -0.3 is 19.8 Å². The molecule has 0 spiro atoms. The quantitative estimate of drug-likeness (QED) is 0.581. The van der Waals surface area contributed by atoms with Gasteiger partial charge in [-0.3, -0.25) is 0 Å². The molecule has 1 aromatic rings. The number of benzene rings is 1. The minimum absolute atomic E-state index is 0.331. The molecule has 0 saturated heterocycles. The second kappa shape index (κ2) is 7.08. The second-order valence-corrected chi connectivity index (χ2v) is 2.23. The molecular formula is C8H11BO5. The fourth-order valence-electron chi connectivity index (χ4n) is 0.581. The van der Waals surface area contributed by atoms with Crippen molar-refractivity contribution in [3.63, 3.8) is 0 Å². The van der Waals surface area contributed by atoms with Gasteiger partial charge in [-0.2, -0.15) is 0 Å². The average molecular weight is 198 g/mol. The van der Waals surface area contributed by atoms with E-state index in [1.807, 2.05) is 0 Å². The predicted octanol–water partition coefficient (Wildman–Crippen LogP) is -0.0129. The zero-order chi connectivity index (χ0) is 11.0. The Hall–Kier alpha value is -1.37. The number of carboxylic acid groups (broad SMARTS) is 1. The molecule has 5 nitrogen and oxygen atoms in total. The van der Waals surface area contributed by atoms with Crippen LogP contribution in [0.5, 0.6) is 0 Å². The van der Waals surface area contributed by atoms with Gasteiger partial charge in [-0.25, -0.2) is 4.79 Å². The van der Waals surface area contributed by atoms with E-state index in [1.165, 1.54) is 7.11 Å². The molecule has 76 valence electrons. The van der Waals surface area contributed by atoms with E-state index in [-0.39, 0.29) is 0 Å². The van der Waals surface area contributed by atoms with E-state index in [2.05, 4.69) is 4.65 Å². The predicted molar refractivity (Wildman–Crippen MR) is 50.6 cm³/mol. The molecular weight excluding hydrogens is 187 g/mol. The highest BCUT2D eigenvalue weighted by molar-refractivity contribution is 6.32. The second-order valence-electron chi connectivity index (χ2n) is 2.23. The Morgan fingerprint density at radius 1 is 1.29 bits per heavy atom. The maximum atomic E-state index is 10.2. The summed E-state index contributed by atoms with van der Waals surface area (Å²) in [7, 11) is -0.417. The SMILES string of the molecule is COB(O)O.O=C(O)c1ccccc1. The molecule has 14 heavy (non-hydrogen) atoms. The summed E-state index contributed by atoms with van der Waals surface area (Å²) in [6.07, 6.45) is 0. The van der Waals surface area contributed by atoms with Crippen LogP contribution in [-0.2, 0) is 4.65 Å². The summed E-state index contributed by atoms with van der Waals surface area (Å²) in [6, 6.07) is 8.30. The van der Waals surface area contributed by atoms with Crippen LogP contribution >= 0.6 is 0 Å². The molecule has 0 radical (unpaired) electrons. The average Bonchev–Trinajstić information content (AvgIpc) is 2.20. The molecule has 6 heteroatoms. The fraction of sp³-hybridized carbons (Fsp3) is 0.125. The molecule has 0 amide bonds. The number of hydrogen-bond acceptors (Lipinski definition) is 4. The van der Waals surface area contributed by atoms with Crippen LogP contribution in [0.25, 0.3) is 0 Å². The van der Waals surface area contributed by atoms with Crippen LogP contribution < -0.4 is 0 Å². The van der Waals surface area contributed by atoms with E-state index < -0.39 is 13.3 Å². The first-order valence-electron chi connectivity index (χ1n) is 3.75. The third-order valence-corrected chi connectivity index (χ3v) is 1.23. The molecule has 0 heterocycles. The maximum absolute atomic E-state index is 10.2. The summed E-state index contributed by atoms with van der Waals surface area (Å²) >= 11 is 0. The minimum atomic E-state index is -1.62. The molecule has 0 aliphatic rings. The number of rotatable bonds is 2. The van der Waals surface area contributed by atoms with E-state index >= 15 is 0 Å². The lowest BCUT2D eigenvalue weighted by atomic mass is 10.2. The van der Waals surface area contributed by atoms with Gasteiger partial charge in [0.05, 0.1) is 5.56 Å². The molecule has 0 aromatic heterocycles. The number of aromatic carboxylic acids is 1. The normalized spacial score (nSPS) is 8.50. The molecule has 0 fully saturated rings. The highest BCUT2D eigenvalue weighted by Gasteiger charge is 2.00. The van der Waals surface area contributed by atoms with Crippen molar-refractivity contribution >= 4 is 13.3 Å². The molecule has 0 atom stereocenters. The molecule has 1 rings (SSSR count). The van der Waals surface area contributed by atoms with Gasteiger partial charge in [-0.1, -0.05) is 18.2 Å². The lowest BCUT2D eigenvalue weighted by Gasteiger charge is -1.88. The maximum Gasteiger partial charge on any atom is 0.633 e. The smallest absolute Gasteiger partial charge is 0.478 e. The van der Waals surface area contributed by atoms with Gasteiger partial charge in [0.1, 0.15) is 0 Å². The highest BCUT2D eigenvalue weighted by Crippen LogP contribution is 1.96. The number of hydrogen-bond donors (Lipinski definition) is 3. The fourth-order valence-corrected chi connectivity index (χ4v) is 0.581. The van der Waals surface area contributed by atoms with Gasteiger partial charge >= 0.3 is 13.3 Å². The molecule has 0 aliphatic heterocycles. The summed E-state index contributed by atoms with van der Waals surface area (Å²) in [5.74, 6) is -0.879. The van der Waals surface area contributed by atoms with Crippen molar-refractivity contribution in [2.24, 2.45) is 0 Å². The van der Waals surface area contributed by atoms with Crippen LogP contribution in [0, 0.1) is 0 Å². The van der Waals surface area contributed by atoms with Crippen LogP contribution in [-0.4, -0.2) is 35.6 Å². The largest absolute Gasteiger partial charge is 0.633 e. The molecule has 1 aromatic carbocycles. The lowest BCUT2D eigenvalue weighted by Crippen LogP contribution is -2.12. The molecule has 0 aliphatic carbocycles. The summed E-state index contributed by atoms with van der Waals surface area (Å²) in [5.41, 5.74) is 0.331. The number of carbonyl (C=O) groups is 1. The van der Waals surface area contributed by atoms with Gasteiger partial charge in [0.2, 0.25) is 0 Å². The van der Waals surface area contributed by atoms with Gasteiger partial charge in [-0.05, 0) is 12.1 Å². The van der Waals surface area contributed by atoms with Crippen molar-refractivity contribution in [1.82, 2.24) is 0 Å². The van der Waals surface area contributed by atoms with Gasteiger partial charge in [0, 0.05) is 7.11 Å². The Balaban J connectivity index is 0.000000292. The van der Waals surface area contributed by atoms with Crippen molar-refractivity contribution in [3.8, 4) is 0 Å². The van der Waals surface area contributed by atoms with Crippen molar-refractivity contribution in [3.05, 3.63) is 35.9 Å². The first kappa shape index (κ1) is 12.6. The van der Waals surface area contributed by atoms with Crippen LogP contribution in [0.15, 0.2) is 30.3 Å². The third kappa shape index (κ3) is 6.18. The van der Waals surface area contributed by atoms with Gasteiger partial charge in [-0.15, -0.1) is 0 Å². The zero-order valence-corrected chi connectivity index (χ0v) is 7.62. The Morgan fingerprint density at radius 3 is 1.93 bits per heavy atom. The Kier molecular flexibility index (Phi) is 6.39. The minimum Gasteiger partial charge on any atom is -0.478 e. The Labute approximate surface area is 81.8 Å². The van der Waals surface area contributed by atoms with Crippen molar-refractivity contribution in [1.29, 1.82) is 0 Å². The lowest BCUT2D eigenvalue weighted by molar-refractivity contribution is 0.0697. The third-order valence-electron chi connectivity index (χ3n) is 1.23. The first-order chi connectivity index (χ1) is 6.57. The molecule has 3 N–H and O–H groups in total. The van der Waals surface area contributed by atoms with E-state index in [0.717, 1.165) is 0 Å². The highest BCUT2D eigenvalue weighted by atomic mass is 16.6. The molecule has 0 saturated carbocycles. The molecule has 0 unspecified atom stereocenters. The summed E-state index contributed by atoms with van der Waals surface area (Å²) in [6.45, 7) is 0. The standard InChI is InChI=1S/C7H6O2.CH5BO3/c8-7(9)6-4-2-1-3-5-6;1-5-2(3)4/h1-5H,(H,8,9);3-4H,1H3.